The van der Waals surface area contributed by atoms with Crippen LogP contribution in [-0.4, -0.2) is 27.0 Å². The molecule has 2 aromatic rings. The van der Waals surface area contributed by atoms with Gasteiger partial charge in [-0.1, -0.05) is 63.2 Å². The van der Waals surface area contributed by atoms with Crippen LogP contribution < -0.4 is 14.8 Å². The molecule has 6 nitrogen and oxygen atoms in total. The van der Waals surface area contributed by atoms with Gasteiger partial charge in [-0.2, -0.15) is 0 Å². The molecule has 0 spiro atoms. The van der Waals surface area contributed by atoms with Crippen molar-refractivity contribution in [1.82, 2.24) is 10.0 Å². The minimum absolute atomic E-state index is 0.0652. The molecule has 30 heavy (non-hydrogen) atoms. The zero-order chi connectivity index (χ0) is 22.4. The van der Waals surface area contributed by atoms with Crippen molar-refractivity contribution < 1.29 is 17.9 Å². The Morgan fingerprint density at radius 2 is 1.60 bits per heavy atom. The van der Waals surface area contributed by atoms with Crippen LogP contribution >= 0.6 is 0 Å². The maximum Gasteiger partial charge on any atom is 0.258 e. The van der Waals surface area contributed by atoms with Gasteiger partial charge in [0.25, 0.3) is 5.91 Å². The highest BCUT2D eigenvalue weighted by Crippen LogP contribution is 2.30. The summed E-state index contributed by atoms with van der Waals surface area (Å²) in [4.78, 5) is 12.2. The van der Waals surface area contributed by atoms with Gasteiger partial charge in [-0.05, 0) is 42.0 Å². The molecule has 0 saturated heterocycles. The number of benzene rings is 2. The molecule has 0 fully saturated rings. The summed E-state index contributed by atoms with van der Waals surface area (Å²) in [6, 6.07) is 14.7. The van der Waals surface area contributed by atoms with E-state index in [0.717, 1.165) is 11.1 Å². The minimum atomic E-state index is -3.36. The van der Waals surface area contributed by atoms with Crippen molar-refractivity contribution in [3.63, 3.8) is 0 Å². The van der Waals surface area contributed by atoms with Crippen molar-refractivity contribution in [3.8, 4) is 5.75 Å². The van der Waals surface area contributed by atoms with E-state index in [1.807, 2.05) is 36.4 Å². The summed E-state index contributed by atoms with van der Waals surface area (Å²) in [6.07, 6.45) is 0. The summed E-state index contributed by atoms with van der Waals surface area (Å²) in [7, 11) is -3.36. The first-order valence-electron chi connectivity index (χ1n) is 10.0. The highest BCUT2D eigenvalue weighted by atomic mass is 32.2. The molecule has 2 rings (SSSR count). The standard InChI is InChI=1S/C23H32N2O4S/c1-17(2)25-30(27,28)16-19-12-10-18(11-13-19)14-24-22(26)15-29-21-9-7-6-8-20(21)23(3,4)5/h6-13,17,25H,14-16H2,1-5H3,(H,24,26). The molecule has 164 valence electrons. The number of carbonyl (C=O) groups excluding carboxylic acids is 1. The molecule has 0 atom stereocenters. The molecule has 0 aliphatic carbocycles. The first-order chi connectivity index (χ1) is 14.0. The normalized spacial score (nSPS) is 12.1. The number of hydrogen-bond acceptors (Lipinski definition) is 4. The van der Waals surface area contributed by atoms with Crippen LogP contribution in [0.4, 0.5) is 0 Å². The lowest BCUT2D eigenvalue weighted by Crippen LogP contribution is -2.31. The molecule has 0 bridgehead atoms. The Hall–Kier alpha value is -2.38. The van der Waals surface area contributed by atoms with Gasteiger partial charge in [0, 0.05) is 12.6 Å². The van der Waals surface area contributed by atoms with E-state index >= 15 is 0 Å². The third-order valence-corrected chi connectivity index (χ3v) is 5.88. The van der Waals surface area contributed by atoms with Crippen LogP contribution in [0.25, 0.3) is 0 Å². The highest BCUT2D eigenvalue weighted by Gasteiger charge is 2.19. The molecule has 0 aromatic heterocycles. The molecule has 7 heteroatoms. The van der Waals surface area contributed by atoms with E-state index < -0.39 is 10.0 Å². The van der Waals surface area contributed by atoms with Gasteiger partial charge in [0.2, 0.25) is 10.0 Å². The maximum atomic E-state index is 12.2. The number of carbonyl (C=O) groups is 1. The Labute approximate surface area is 180 Å². The van der Waals surface area contributed by atoms with Crippen LogP contribution in [0.3, 0.4) is 0 Å². The van der Waals surface area contributed by atoms with Crippen LogP contribution in [-0.2, 0) is 32.5 Å². The lowest BCUT2D eigenvalue weighted by molar-refractivity contribution is -0.123. The molecular formula is C23H32N2O4S. The summed E-state index contributed by atoms with van der Waals surface area (Å²) in [5.41, 5.74) is 2.56. The third-order valence-electron chi connectivity index (χ3n) is 4.34. The van der Waals surface area contributed by atoms with Gasteiger partial charge in [-0.3, -0.25) is 4.79 Å². The van der Waals surface area contributed by atoms with Crippen LogP contribution in [0, 0.1) is 0 Å². The van der Waals surface area contributed by atoms with Gasteiger partial charge in [0.05, 0.1) is 5.75 Å². The molecule has 0 heterocycles. The average molecular weight is 433 g/mol. The Morgan fingerprint density at radius 1 is 1.00 bits per heavy atom. The SMILES string of the molecule is CC(C)NS(=O)(=O)Cc1ccc(CNC(=O)COc2ccccc2C(C)(C)C)cc1. The zero-order valence-corrected chi connectivity index (χ0v) is 19.2. The number of amides is 1. The Kier molecular flexibility index (Phi) is 8.03. The van der Waals surface area contributed by atoms with Crippen molar-refractivity contribution in [1.29, 1.82) is 0 Å². The van der Waals surface area contributed by atoms with Gasteiger partial charge in [0.1, 0.15) is 5.75 Å². The van der Waals surface area contributed by atoms with Crippen molar-refractivity contribution in [2.45, 2.75) is 58.4 Å². The maximum absolute atomic E-state index is 12.2. The predicted octanol–water partition coefficient (Wildman–Crippen LogP) is 3.51. The second-order valence-corrected chi connectivity index (χ2v) is 10.4. The topological polar surface area (TPSA) is 84.5 Å². The number of ether oxygens (including phenoxy) is 1. The van der Waals surface area contributed by atoms with Gasteiger partial charge in [0.15, 0.2) is 6.61 Å². The third kappa shape index (κ3) is 7.80. The minimum Gasteiger partial charge on any atom is -0.483 e. The molecule has 0 radical (unpaired) electrons. The summed E-state index contributed by atoms with van der Waals surface area (Å²) in [5, 5.41) is 2.83. The number of para-hydroxylation sites is 1. The van der Waals surface area contributed by atoms with Crippen molar-refractivity contribution in [2.75, 3.05) is 6.61 Å². The Morgan fingerprint density at radius 3 is 2.20 bits per heavy atom. The lowest BCUT2D eigenvalue weighted by atomic mass is 9.86. The van der Waals surface area contributed by atoms with E-state index in [9.17, 15) is 13.2 Å². The van der Waals surface area contributed by atoms with Gasteiger partial charge >= 0.3 is 0 Å². The second kappa shape index (κ2) is 10.1. The molecule has 2 N–H and O–H groups in total. The van der Waals surface area contributed by atoms with Crippen LogP contribution in [0.2, 0.25) is 0 Å². The zero-order valence-electron chi connectivity index (χ0n) is 18.4. The predicted molar refractivity (Wildman–Crippen MR) is 120 cm³/mol. The monoisotopic (exact) mass is 432 g/mol. The van der Waals surface area contributed by atoms with Crippen molar-refractivity contribution in [3.05, 3.63) is 65.2 Å². The van der Waals surface area contributed by atoms with Gasteiger partial charge in [-0.15, -0.1) is 0 Å². The molecule has 0 unspecified atom stereocenters. The molecule has 2 aromatic carbocycles. The first kappa shape index (κ1) is 23.9. The smallest absolute Gasteiger partial charge is 0.258 e. The number of rotatable bonds is 9. The number of nitrogens with one attached hydrogen (secondary N) is 2. The fourth-order valence-electron chi connectivity index (χ4n) is 2.98. The molecule has 0 aliphatic rings. The average Bonchev–Trinajstić information content (AvgIpc) is 2.64. The van der Waals surface area contributed by atoms with Gasteiger partial charge < -0.3 is 10.1 Å². The number of sulfonamides is 1. The largest absolute Gasteiger partial charge is 0.483 e. The van der Waals surface area contributed by atoms with Crippen molar-refractivity contribution >= 4 is 15.9 Å². The fourth-order valence-corrected chi connectivity index (χ4v) is 4.41. The quantitative estimate of drug-likeness (QED) is 0.635. The van der Waals surface area contributed by atoms with Crippen LogP contribution in [0.15, 0.2) is 48.5 Å². The summed E-state index contributed by atoms with van der Waals surface area (Å²) in [5.74, 6) is 0.422. The molecule has 1 amide bonds. The van der Waals surface area contributed by atoms with E-state index in [1.165, 1.54) is 0 Å². The summed E-state index contributed by atoms with van der Waals surface area (Å²) < 4.78 is 32.3. The Balaban J connectivity index is 1.86. The second-order valence-electron chi connectivity index (χ2n) is 8.66. The van der Waals surface area contributed by atoms with E-state index in [4.69, 9.17) is 4.74 Å². The van der Waals surface area contributed by atoms with E-state index in [0.29, 0.717) is 17.9 Å². The van der Waals surface area contributed by atoms with Crippen LogP contribution in [0.5, 0.6) is 5.75 Å². The Bertz CT molecular complexity index is 946. The van der Waals surface area contributed by atoms with Crippen molar-refractivity contribution in [2.24, 2.45) is 0 Å². The molecule has 0 saturated carbocycles. The molecule has 0 aliphatic heterocycles. The highest BCUT2D eigenvalue weighted by molar-refractivity contribution is 7.88. The first-order valence-corrected chi connectivity index (χ1v) is 11.7. The lowest BCUT2D eigenvalue weighted by Gasteiger charge is -2.22. The van der Waals surface area contributed by atoms with E-state index in [1.54, 1.807) is 26.0 Å². The van der Waals surface area contributed by atoms with Crippen LogP contribution in [0.1, 0.15) is 51.3 Å². The summed E-state index contributed by atoms with van der Waals surface area (Å²) in [6.45, 7) is 10.2. The van der Waals surface area contributed by atoms with E-state index in [-0.39, 0.29) is 29.7 Å². The van der Waals surface area contributed by atoms with Gasteiger partial charge in [-0.25, -0.2) is 13.1 Å². The molecular weight excluding hydrogens is 400 g/mol. The number of hydrogen-bond donors (Lipinski definition) is 2. The van der Waals surface area contributed by atoms with E-state index in [2.05, 4.69) is 30.8 Å². The fraction of sp³-hybridized carbons (Fsp3) is 0.435. The summed E-state index contributed by atoms with van der Waals surface area (Å²) >= 11 is 0.